The smallest absolute Gasteiger partial charge is 0.259 e. The van der Waals surface area contributed by atoms with E-state index in [2.05, 4.69) is 39.7 Å². The molecule has 0 aliphatic carbocycles. The van der Waals surface area contributed by atoms with E-state index >= 15 is 0 Å². The van der Waals surface area contributed by atoms with Gasteiger partial charge in [0.1, 0.15) is 11.3 Å². The Morgan fingerprint density at radius 2 is 2.23 bits per heavy atom. The Bertz CT molecular complexity index is 688. The highest BCUT2D eigenvalue weighted by Gasteiger charge is 2.27. The van der Waals surface area contributed by atoms with Crippen LogP contribution in [0.3, 0.4) is 0 Å². The topological polar surface area (TPSA) is 89.0 Å². The van der Waals surface area contributed by atoms with Crippen LogP contribution in [0.25, 0.3) is 0 Å². The molecule has 2 aromatic heterocycles. The van der Waals surface area contributed by atoms with Crippen molar-refractivity contribution in [3.63, 3.8) is 0 Å². The molecule has 0 spiro atoms. The van der Waals surface area contributed by atoms with Crippen LogP contribution < -0.4 is 10.6 Å². The van der Waals surface area contributed by atoms with Gasteiger partial charge in [-0.1, -0.05) is 38.0 Å². The van der Waals surface area contributed by atoms with E-state index in [-0.39, 0.29) is 5.91 Å². The maximum Gasteiger partial charge on any atom is 0.259 e. The van der Waals surface area contributed by atoms with E-state index in [1.807, 2.05) is 6.07 Å². The Balaban J connectivity index is 1.56. The van der Waals surface area contributed by atoms with E-state index in [0.29, 0.717) is 28.8 Å². The predicted octanol–water partition coefficient (Wildman–Crippen LogP) is 3.58. The van der Waals surface area contributed by atoms with Crippen molar-refractivity contribution in [2.75, 3.05) is 17.2 Å². The van der Waals surface area contributed by atoms with Crippen LogP contribution in [0.1, 0.15) is 49.9 Å². The van der Waals surface area contributed by atoms with Crippen LogP contribution in [-0.4, -0.2) is 39.8 Å². The van der Waals surface area contributed by atoms with Gasteiger partial charge in [-0.3, -0.25) is 10.1 Å². The summed E-state index contributed by atoms with van der Waals surface area (Å²) in [7, 11) is 0. The molecule has 0 bridgehead atoms. The number of hydrogen-bond donors (Lipinski definition) is 2. The molecule has 2 N–H and O–H groups in total. The Hall–Kier alpha value is -2.06. The molecule has 1 fully saturated rings. The van der Waals surface area contributed by atoms with Gasteiger partial charge in [0.2, 0.25) is 5.13 Å². The molecular formula is C18H25N5O2S. The second-order valence-corrected chi connectivity index (χ2v) is 7.31. The summed E-state index contributed by atoms with van der Waals surface area (Å²) in [6.45, 7) is 5.23. The highest BCUT2D eigenvalue weighted by Crippen LogP contribution is 2.26. The van der Waals surface area contributed by atoms with Gasteiger partial charge >= 0.3 is 0 Å². The fourth-order valence-electron chi connectivity index (χ4n) is 3.32. The van der Waals surface area contributed by atoms with Crippen LogP contribution in [0.4, 0.5) is 10.9 Å². The van der Waals surface area contributed by atoms with Gasteiger partial charge in [0, 0.05) is 18.8 Å². The first-order chi connectivity index (χ1) is 12.7. The lowest BCUT2D eigenvalue weighted by atomic mass is 9.89. The molecule has 26 heavy (non-hydrogen) atoms. The van der Waals surface area contributed by atoms with Crippen LogP contribution in [-0.2, 0) is 4.74 Å². The van der Waals surface area contributed by atoms with Gasteiger partial charge in [-0.15, -0.1) is 10.2 Å². The molecule has 1 saturated heterocycles. The van der Waals surface area contributed by atoms with E-state index in [0.717, 1.165) is 38.1 Å². The van der Waals surface area contributed by atoms with Crippen molar-refractivity contribution in [2.24, 2.45) is 5.92 Å². The molecule has 0 radical (unpaired) electrons. The summed E-state index contributed by atoms with van der Waals surface area (Å²) in [5.74, 6) is 1.16. The molecule has 140 valence electrons. The van der Waals surface area contributed by atoms with Crippen LogP contribution in [0.15, 0.2) is 23.8 Å². The molecule has 2 unspecified atom stereocenters. The maximum atomic E-state index is 12.1. The first kappa shape index (κ1) is 18.7. The van der Waals surface area contributed by atoms with Crippen LogP contribution in [0.2, 0.25) is 0 Å². The average molecular weight is 375 g/mol. The van der Waals surface area contributed by atoms with Gasteiger partial charge < -0.3 is 10.1 Å². The molecule has 0 saturated carbocycles. The third-order valence-electron chi connectivity index (χ3n) is 4.85. The Kier molecular flexibility index (Phi) is 6.51. The Morgan fingerprint density at radius 3 is 2.88 bits per heavy atom. The summed E-state index contributed by atoms with van der Waals surface area (Å²) in [6.07, 6.45) is 6.14. The van der Waals surface area contributed by atoms with Gasteiger partial charge in [0.15, 0.2) is 0 Å². The number of hydrogen-bond acceptors (Lipinski definition) is 7. The molecule has 1 aliphatic rings. The highest BCUT2D eigenvalue weighted by atomic mass is 32.1. The molecule has 7 nitrogen and oxygen atoms in total. The van der Waals surface area contributed by atoms with Crippen molar-refractivity contribution in [2.45, 2.75) is 51.7 Å². The summed E-state index contributed by atoms with van der Waals surface area (Å²) in [5, 5.41) is 14.2. The van der Waals surface area contributed by atoms with Gasteiger partial charge in [-0.25, -0.2) is 4.98 Å². The Morgan fingerprint density at radius 1 is 1.38 bits per heavy atom. The van der Waals surface area contributed by atoms with Crippen molar-refractivity contribution in [3.8, 4) is 0 Å². The summed E-state index contributed by atoms with van der Waals surface area (Å²) in [4.78, 5) is 16.5. The zero-order chi connectivity index (χ0) is 18.4. The van der Waals surface area contributed by atoms with Crippen molar-refractivity contribution in [1.29, 1.82) is 0 Å². The SMILES string of the molecule is CCC(CC)C1CC(Nc2ccc(C(=O)Nc3nncs3)cn2)CCO1. The number of ether oxygens (including phenoxy) is 1. The number of carbonyl (C=O) groups excluding carboxylic acids is 1. The lowest BCUT2D eigenvalue weighted by Gasteiger charge is -2.34. The van der Waals surface area contributed by atoms with E-state index in [1.165, 1.54) is 11.3 Å². The number of rotatable bonds is 7. The normalized spacial score (nSPS) is 20.1. The number of nitrogens with one attached hydrogen (secondary N) is 2. The zero-order valence-electron chi connectivity index (χ0n) is 15.1. The average Bonchev–Trinajstić information content (AvgIpc) is 3.17. The van der Waals surface area contributed by atoms with E-state index in [4.69, 9.17) is 4.74 Å². The molecule has 1 aliphatic heterocycles. The Labute approximate surface area is 157 Å². The van der Waals surface area contributed by atoms with E-state index < -0.39 is 0 Å². The number of amides is 1. The second kappa shape index (κ2) is 9.05. The largest absolute Gasteiger partial charge is 0.378 e. The number of anilines is 2. The molecule has 2 aromatic rings. The highest BCUT2D eigenvalue weighted by molar-refractivity contribution is 7.13. The van der Waals surface area contributed by atoms with Crippen molar-refractivity contribution < 1.29 is 9.53 Å². The minimum Gasteiger partial charge on any atom is -0.378 e. The first-order valence-corrected chi connectivity index (χ1v) is 9.99. The quantitative estimate of drug-likeness (QED) is 0.769. The van der Waals surface area contributed by atoms with Crippen molar-refractivity contribution in [1.82, 2.24) is 15.2 Å². The minimum atomic E-state index is -0.235. The van der Waals surface area contributed by atoms with Gasteiger partial charge in [-0.2, -0.15) is 0 Å². The fraction of sp³-hybridized carbons (Fsp3) is 0.556. The lowest BCUT2D eigenvalue weighted by Crippen LogP contribution is -2.38. The van der Waals surface area contributed by atoms with Gasteiger partial charge in [0.05, 0.1) is 11.7 Å². The molecule has 0 aromatic carbocycles. The van der Waals surface area contributed by atoms with Crippen LogP contribution >= 0.6 is 11.3 Å². The van der Waals surface area contributed by atoms with Gasteiger partial charge in [0.25, 0.3) is 5.91 Å². The minimum absolute atomic E-state index is 0.235. The molecule has 8 heteroatoms. The summed E-state index contributed by atoms with van der Waals surface area (Å²) in [6, 6.07) is 3.96. The third-order valence-corrected chi connectivity index (χ3v) is 5.45. The number of nitrogens with zero attached hydrogens (tertiary/aromatic N) is 3. The molecule has 3 rings (SSSR count). The van der Waals surface area contributed by atoms with Crippen molar-refractivity contribution >= 4 is 28.2 Å². The van der Waals surface area contributed by atoms with Crippen LogP contribution in [0.5, 0.6) is 0 Å². The molecule has 1 amide bonds. The van der Waals surface area contributed by atoms with Crippen molar-refractivity contribution in [3.05, 3.63) is 29.4 Å². The number of aromatic nitrogens is 3. The molecule has 3 heterocycles. The number of carbonyl (C=O) groups is 1. The maximum absolute atomic E-state index is 12.1. The summed E-state index contributed by atoms with van der Waals surface area (Å²) >= 11 is 1.28. The van der Waals surface area contributed by atoms with E-state index in [1.54, 1.807) is 17.8 Å². The third kappa shape index (κ3) is 4.76. The zero-order valence-corrected chi connectivity index (χ0v) is 16.0. The monoisotopic (exact) mass is 375 g/mol. The standard InChI is InChI=1S/C18H25N5O2S/c1-3-12(4-2)15-9-14(7-8-25-15)21-16-6-5-13(10-19-16)17(24)22-18-23-20-11-26-18/h5-6,10-12,14-15H,3-4,7-9H2,1-2H3,(H,19,21)(H,22,23,24). The lowest BCUT2D eigenvalue weighted by molar-refractivity contribution is -0.0271. The van der Waals surface area contributed by atoms with E-state index in [9.17, 15) is 4.79 Å². The fourth-order valence-corrected chi connectivity index (χ4v) is 3.76. The summed E-state index contributed by atoms with van der Waals surface area (Å²) < 4.78 is 5.97. The number of pyridine rings is 1. The summed E-state index contributed by atoms with van der Waals surface area (Å²) in [5.41, 5.74) is 2.07. The van der Waals surface area contributed by atoms with Crippen LogP contribution in [0, 0.1) is 5.92 Å². The van der Waals surface area contributed by atoms with Gasteiger partial charge in [-0.05, 0) is 30.9 Å². The molecular weight excluding hydrogens is 350 g/mol. The first-order valence-electron chi connectivity index (χ1n) is 9.11. The second-order valence-electron chi connectivity index (χ2n) is 6.48. The predicted molar refractivity (Wildman–Crippen MR) is 103 cm³/mol. The molecule has 2 atom stereocenters.